The number of methoxy groups -OCH3 is 1. The third kappa shape index (κ3) is 13.3. The van der Waals surface area contributed by atoms with E-state index in [1.807, 2.05) is 44.7 Å². The van der Waals surface area contributed by atoms with E-state index in [4.69, 9.17) is 38.0 Å². The Morgan fingerprint density at radius 2 is 1.47 bits per heavy atom. The van der Waals surface area contributed by atoms with Crippen LogP contribution in [0.25, 0.3) is 11.1 Å². The fraction of sp³-hybridized carbons (Fsp3) is 0.603. The Balaban J connectivity index is 1.00. The maximum atomic E-state index is 14.3. The number of pyridine rings is 1. The first-order chi connectivity index (χ1) is 36.2. The number of hydrogen-bond donors (Lipinski definition) is 0. The Morgan fingerprint density at radius 1 is 0.808 bits per heavy atom. The average molecular weight is 1110 g/mol. The number of ether oxygens (including phenoxy) is 5. The Bertz CT molecular complexity index is 3000. The highest BCUT2D eigenvalue weighted by Gasteiger charge is 2.66. The lowest BCUT2D eigenvalue weighted by molar-refractivity contribution is -0.248. The molecule has 4 fully saturated rings. The van der Waals surface area contributed by atoms with Gasteiger partial charge in [0.1, 0.15) is 22.8 Å². The second-order valence-electron chi connectivity index (χ2n) is 25.1. The molecule has 2 aromatic carbocycles. The predicted molar refractivity (Wildman–Crippen MR) is 287 cm³/mol. The first-order valence-corrected chi connectivity index (χ1v) is 28.3. The smallest absolute Gasteiger partial charge is 0.420 e. The molecule has 78 heavy (non-hydrogen) atoms. The van der Waals surface area contributed by atoms with E-state index in [1.165, 1.54) is 31.4 Å². The summed E-state index contributed by atoms with van der Waals surface area (Å²) in [6.07, 6.45) is -0.130. The van der Waals surface area contributed by atoms with E-state index in [0.29, 0.717) is 66.5 Å². The minimum absolute atomic E-state index is 0.0639. The van der Waals surface area contributed by atoms with Gasteiger partial charge in [-0.3, -0.25) is 8.86 Å². The van der Waals surface area contributed by atoms with Gasteiger partial charge in [0.05, 0.1) is 43.4 Å². The number of aryl methyl sites for hydroxylation is 1. The van der Waals surface area contributed by atoms with Gasteiger partial charge in [-0.15, -0.1) is 0 Å². The molecular formula is C58H76F3N5O11S. The maximum Gasteiger partial charge on any atom is 0.420 e. The summed E-state index contributed by atoms with van der Waals surface area (Å²) in [6, 6.07) is 12.1. The molecule has 4 bridgehead atoms. The van der Waals surface area contributed by atoms with E-state index < -0.39 is 51.3 Å². The lowest BCUT2D eigenvalue weighted by Gasteiger charge is -2.69. The molecule has 0 radical (unpaired) electrons. The summed E-state index contributed by atoms with van der Waals surface area (Å²) >= 11 is 0. The topological polar surface area (TPSA) is 178 Å². The van der Waals surface area contributed by atoms with E-state index in [9.17, 15) is 36.0 Å². The van der Waals surface area contributed by atoms with Crippen molar-refractivity contribution in [2.45, 2.75) is 163 Å². The first-order valence-electron chi connectivity index (χ1n) is 26.7. The van der Waals surface area contributed by atoms with Crippen molar-refractivity contribution in [2.75, 3.05) is 51.1 Å². The summed E-state index contributed by atoms with van der Waals surface area (Å²) in [5.41, 5.74) is 2.36. The van der Waals surface area contributed by atoms with Crippen LogP contribution in [0.15, 0.2) is 54.7 Å². The van der Waals surface area contributed by atoms with Crippen molar-refractivity contribution in [3.05, 3.63) is 93.9 Å². The Hall–Kier alpha value is -5.73. The SMILES string of the molecule is COC(=O)c1ccc(OCCCS(=O)(=O)OC(c2ccc(C)cc2)C(F)(F)F)c2c1CN(c1ccc(-c3cnn(CC45CC6(C)CC(C)(C4)CC(OCCN(C)C(=O)OC(C)(C)C)(C6)C5)c3C)c(C(=O)OC(C)(C)C)n1)CC2. The number of anilines is 1. The second kappa shape index (κ2) is 21.4. The molecule has 3 heterocycles. The highest BCUT2D eigenvalue weighted by molar-refractivity contribution is 7.86. The number of esters is 2. The average Bonchev–Trinajstić information content (AvgIpc) is 3.71. The zero-order valence-corrected chi connectivity index (χ0v) is 48.0. The Morgan fingerprint density at radius 3 is 2.10 bits per heavy atom. The molecule has 426 valence electrons. The number of rotatable bonds is 18. The monoisotopic (exact) mass is 1110 g/mol. The third-order valence-electron chi connectivity index (χ3n) is 15.4. The number of fused-ring (bicyclic) bond motifs is 1. The van der Waals surface area contributed by atoms with Gasteiger partial charge in [0.15, 0.2) is 11.8 Å². The van der Waals surface area contributed by atoms with Crippen LogP contribution in [0.3, 0.4) is 0 Å². The van der Waals surface area contributed by atoms with E-state index in [2.05, 4.69) is 18.5 Å². The second-order valence-corrected chi connectivity index (χ2v) is 26.8. The molecule has 5 aliphatic rings. The minimum atomic E-state index is -4.98. The van der Waals surface area contributed by atoms with E-state index in [0.717, 1.165) is 49.8 Å². The molecule has 4 saturated carbocycles. The number of benzene rings is 2. The normalized spacial score (nSPS) is 23.4. The molecule has 1 amide bonds. The standard InChI is InChI=1S/C58H76F3N5O11S/c1-37-14-16-39(17-15-37)48(58(59,60)61)77-78(70,71)27-13-25-73-45-20-18-42(49(67)72-12)44-29-65(23-22-40(44)45)46-21-19-41(47(63-46)50(68)75-52(3,4)5)43-28-62-66(38(43)2)36-56-31-54(9)30-55(10,32-56)34-57(33-54,35-56)74-26-24-64(11)51(69)76-53(6,7)8/h14-21,28,48H,13,22-27,29-36H2,1-12H3. The van der Waals surface area contributed by atoms with E-state index >= 15 is 0 Å². The lowest BCUT2D eigenvalue weighted by atomic mass is 9.39. The van der Waals surface area contributed by atoms with Crippen molar-refractivity contribution in [1.82, 2.24) is 19.7 Å². The molecule has 1 aliphatic heterocycles. The van der Waals surface area contributed by atoms with Crippen molar-refractivity contribution >= 4 is 34.0 Å². The van der Waals surface area contributed by atoms with Crippen LogP contribution in [0.1, 0.15) is 155 Å². The molecule has 4 aromatic rings. The Kier molecular flexibility index (Phi) is 16.0. The Labute approximate surface area is 456 Å². The number of alkyl halides is 3. The lowest BCUT2D eigenvalue weighted by Crippen LogP contribution is -2.64. The zero-order chi connectivity index (χ0) is 57.0. The predicted octanol–water partition coefficient (Wildman–Crippen LogP) is 11.3. The molecular weight excluding hydrogens is 1030 g/mol. The molecule has 2 aromatic heterocycles. The van der Waals surface area contributed by atoms with Crippen molar-refractivity contribution in [2.24, 2.45) is 16.2 Å². The molecule has 3 unspecified atom stereocenters. The van der Waals surface area contributed by atoms with Crippen LogP contribution in [0.4, 0.5) is 23.8 Å². The van der Waals surface area contributed by atoms with Gasteiger partial charge in [-0.25, -0.2) is 19.4 Å². The van der Waals surface area contributed by atoms with Crippen molar-refractivity contribution in [1.29, 1.82) is 0 Å². The molecule has 16 nitrogen and oxygen atoms in total. The summed E-state index contributed by atoms with van der Waals surface area (Å²) in [4.78, 5) is 48.8. The largest absolute Gasteiger partial charge is 0.493 e. The summed E-state index contributed by atoms with van der Waals surface area (Å²) < 4.78 is 104. The maximum absolute atomic E-state index is 14.3. The summed E-state index contributed by atoms with van der Waals surface area (Å²) in [5, 5.41) is 4.99. The van der Waals surface area contributed by atoms with Crippen LogP contribution in [0, 0.1) is 30.1 Å². The van der Waals surface area contributed by atoms with Crippen LogP contribution in [-0.4, -0.2) is 115 Å². The van der Waals surface area contributed by atoms with E-state index in [1.54, 1.807) is 58.0 Å². The van der Waals surface area contributed by atoms with Gasteiger partial charge in [0.25, 0.3) is 10.1 Å². The quantitative estimate of drug-likeness (QED) is 0.0398. The first kappa shape index (κ1) is 58.4. The molecule has 4 aliphatic carbocycles. The molecule has 3 atom stereocenters. The highest BCUT2D eigenvalue weighted by atomic mass is 32.2. The van der Waals surface area contributed by atoms with Gasteiger partial charge in [0, 0.05) is 55.6 Å². The number of hydrogen-bond acceptors (Lipinski definition) is 14. The molecule has 0 spiro atoms. The van der Waals surface area contributed by atoms with Crippen LogP contribution in [0.2, 0.25) is 0 Å². The van der Waals surface area contributed by atoms with Crippen molar-refractivity contribution in [3.8, 4) is 16.9 Å². The fourth-order valence-electron chi connectivity index (χ4n) is 13.4. The summed E-state index contributed by atoms with van der Waals surface area (Å²) in [7, 11) is -1.64. The third-order valence-corrected chi connectivity index (χ3v) is 16.6. The van der Waals surface area contributed by atoms with Gasteiger partial charge in [-0.1, -0.05) is 43.7 Å². The van der Waals surface area contributed by atoms with Crippen LogP contribution in [0.5, 0.6) is 5.75 Å². The number of nitrogens with zero attached hydrogens (tertiary/aromatic N) is 5. The van der Waals surface area contributed by atoms with E-state index in [-0.39, 0.29) is 64.3 Å². The number of carbonyl (C=O) groups is 3. The molecule has 0 N–H and O–H groups in total. The number of halogens is 3. The van der Waals surface area contributed by atoms with Crippen LogP contribution >= 0.6 is 0 Å². The highest BCUT2D eigenvalue weighted by Crippen LogP contribution is 2.72. The zero-order valence-electron chi connectivity index (χ0n) is 47.1. The minimum Gasteiger partial charge on any atom is -0.493 e. The summed E-state index contributed by atoms with van der Waals surface area (Å²) in [5.74, 6) is -1.13. The van der Waals surface area contributed by atoms with Gasteiger partial charge < -0.3 is 33.5 Å². The summed E-state index contributed by atoms with van der Waals surface area (Å²) in [6.45, 7) is 21.2. The van der Waals surface area contributed by atoms with Crippen LogP contribution < -0.4 is 9.64 Å². The fourth-order valence-corrected chi connectivity index (χ4v) is 14.5. The van der Waals surface area contributed by atoms with Crippen LogP contribution in [-0.2, 0) is 52.8 Å². The number of amides is 1. The molecule has 0 saturated heterocycles. The van der Waals surface area contributed by atoms with Gasteiger partial charge in [-0.2, -0.15) is 26.7 Å². The number of carbonyl (C=O) groups excluding carboxylic acids is 3. The molecule has 9 rings (SSSR count). The van der Waals surface area contributed by atoms with Gasteiger partial charge >= 0.3 is 24.2 Å². The number of aromatic nitrogens is 3. The number of likely N-dealkylation sites (N-methyl/N-ethyl adjacent to an activating group) is 1. The van der Waals surface area contributed by atoms with Crippen molar-refractivity contribution < 1.29 is 63.8 Å². The molecule has 20 heteroatoms. The van der Waals surface area contributed by atoms with Gasteiger partial charge in [-0.05, 0) is 158 Å². The van der Waals surface area contributed by atoms with Crippen molar-refractivity contribution in [3.63, 3.8) is 0 Å². The van der Waals surface area contributed by atoms with Gasteiger partial charge in [0.2, 0.25) is 0 Å².